The molecule has 0 saturated carbocycles. The molecule has 0 aliphatic carbocycles. The van der Waals surface area contributed by atoms with Crippen molar-refractivity contribution in [2.24, 2.45) is 32.9 Å². The molecule has 0 saturated heterocycles. The Morgan fingerprint density at radius 1 is 0.846 bits per heavy atom. The monoisotopic (exact) mass is 355 g/mol. The van der Waals surface area contributed by atoms with Gasteiger partial charge in [0.15, 0.2) is 11.9 Å². The van der Waals surface area contributed by atoms with Crippen molar-refractivity contribution < 1.29 is 9.59 Å². The first-order valence-corrected chi connectivity index (χ1v) is 7.47. The summed E-state index contributed by atoms with van der Waals surface area (Å²) in [5, 5.41) is 0. The molecule has 9 heteroatoms. The standard InChI is InChI=1S/C9H11N3O.C8H10N4O/c1-6-3-2-4-7(5-6)8(13)12-9(10)11;1-5-3-2-4-6(11-5)7(13)12-8(9)10/h2-5H,1H3,(H4,10,11,12,13);2-4H,1H3,(H4,9,10,12,13). The lowest BCUT2D eigenvalue weighted by atomic mass is 10.1. The summed E-state index contributed by atoms with van der Waals surface area (Å²) in [7, 11) is 0. The average Bonchev–Trinajstić information content (AvgIpc) is 2.54. The SMILES string of the molecule is Cc1cccc(C(=O)N=C(N)N)c1.Cc1cccc(C(=O)N=C(N)N)n1. The summed E-state index contributed by atoms with van der Waals surface area (Å²) in [5.41, 5.74) is 22.7. The van der Waals surface area contributed by atoms with E-state index in [4.69, 9.17) is 22.9 Å². The van der Waals surface area contributed by atoms with Gasteiger partial charge in [-0.05, 0) is 38.1 Å². The first-order chi connectivity index (χ1) is 12.2. The normalized spacial score (nSPS) is 9.31. The van der Waals surface area contributed by atoms with Crippen molar-refractivity contribution in [1.82, 2.24) is 4.98 Å². The van der Waals surface area contributed by atoms with Crippen molar-refractivity contribution in [2.75, 3.05) is 0 Å². The Morgan fingerprint density at radius 2 is 1.42 bits per heavy atom. The predicted molar refractivity (Wildman–Crippen MR) is 100 cm³/mol. The number of benzene rings is 1. The van der Waals surface area contributed by atoms with Crippen LogP contribution in [0.4, 0.5) is 0 Å². The number of nitrogens with zero attached hydrogens (tertiary/aromatic N) is 3. The van der Waals surface area contributed by atoms with Gasteiger partial charge in [-0.2, -0.15) is 9.98 Å². The maximum absolute atomic E-state index is 11.3. The van der Waals surface area contributed by atoms with Crippen LogP contribution in [0.25, 0.3) is 0 Å². The number of aliphatic imine (C=N–C) groups is 2. The van der Waals surface area contributed by atoms with E-state index in [2.05, 4.69) is 15.0 Å². The van der Waals surface area contributed by atoms with Crippen LogP contribution in [0.2, 0.25) is 0 Å². The van der Waals surface area contributed by atoms with E-state index in [-0.39, 0.29) is 17.6 Å². The fourth-order valence-corrected chi connectivity index (χ4v) is 1.80. The van der Waals surface area contributed by atoms with Crippen LogP contribution in [0.15, 0.2) is 52.4 Å². The number of rotatable bonds is 2. The Kier molecular flexibility index (Phi) is 7.43. The third-order valence-electron chi connectivity index (χ3n) is 2.83. The Balaban J connectivity index is 0.000000260. The first-order valence-electron chi connectivity index (χ1n) is 7.47. The second-order valence-corrected chi connectivity index (χ2v) is 5.22. The highest BCUT2D eigenvalue weighted by Gasteiger charge is 2.05. The molecule has 136 valence electrons. The summed E-state index contributed by atoms with van der Waals surface area (Å²) in [4.78, 5) is 33.2. The summed E-state index contributed by atoms with van der Waals surface area (Å²) in [5.74, 6) is -1.41. The van der Waals surface area contributed by atoms with Gasteiger partial charge in [0, 0.05) is 11.3 Å². The second-order valence-electron chi connectivity index (χ2n) is 5.22. The van der Waals surface area contributed by atoms with E-state index >= 15 is 0 Å². The van der Waals surface area contributed by atoms with E-state index in [1.807, 2.05) is 13.0 Å². The molecule has 0 atom stereocenters. The predicted octanol–water partition coefficient (Wildman–Crippen LogP) is 0.212. The second kappa shape index (κ2) is 9.52. The zero-order valence-corrected chi connectivity index (χ0v) is 14.5. The summed E-state index contributed by atoms with van der Waals surface area (Å²) in [6, 6.07) is 12.1. The fourth-order valence-electron chi connectivity index (χ4n) is 1.80. The molecule has 1 aromatic heterocycles. The molecule has 0 aliphatic heterocycles. The minimum atomic E-state index is -0.524. The van der Waals surface area contributed by atoms with Gasteiger partial charge in [0.2, 0.25) is 0 Å². The summed E-state index contributed by atoms with van der Waals surface area (Å²) >= 11 is 0. The van der Waals surface area contributed by atoms with Crippen molar-refractivity contribution in [3.05, 3.63) is 65.0 Å². The Labute approximate surface area is 150 Å². The molecular formula is C17H21N7O2. The zero-order valence-electron chi connectivity index (χ0n) is 14.5. The smallest absolute Gasteiger partial charge is 0.298 e. The van der Waals surface area contributed by atoms with Crippen LogP contribution in [-0.4, -0.2) is 28.7 Å². The number of aryl methyl sites for hydroxylation is 2. The van der Waals surface area contributed by atoms with Gasteiger partial charge < -0.3 is 22.9 Å². The molecule has 0 fully saturated rings. The topological polar surface area (TPSA) is 176 Å². The van der Waals surface area contributed by atoms with Crippen LogP contribution in [0.1, 0.15) is 32.1 Å². The molecule has 1 aromatic carbocycles. The Morgan fingerprint density at radius 3 is 1.96 bits per heavy atom. The van der Waals surface area contributed by atoms with Crippen molar-refractivity contribution in [3.63, 3.8) is 0 Å². The molecule has 2 aromatic rings. The Hall–Kier alpha value is -3.75. The number of hydrogen-bond acceptors (Lipinski definition) is 3. The summed E-state index contributed by atoms with van der Waals surface area (Å²) < 4.78 is 0. The van der Waals surface area contributed by atoms with Crippen molar-refractivity contribution >= 4 is 23.7 Å². The van der Waals surface area contributed by atoms with Gasteiger partial charge in [-0.15, -0.1) is 0 Å². The minimum absolute atomic E-state index is 0.216. The van der Waals surface area contributed by atoms with E-state index in [0.717, 1.165) is 11.3 Å². The van der Waals surface area contributed by atoms with Crippen LogP contribution < -0.4 is 22.9 Å². The number of guanidine groups is 2. The van der Waals surface area contributed by atoms with E-state index in [1.165, 1.54) is 0 Å². The number of hydrogen-bond donors (Lipinski definition) is 4. The molecule has 0 bridgehead atoms. The highest BCUT2D eigenvalue weighted by atomic mass is 16.2. The lowest BCUT2D eigenvalue weighted by molar-refractivity contribution is 0.0991. The fraction of sp³-hybridized carbons (Fsp3) is 0.118. The first kappa shape index (κ1) is 20.3. The van der Waals surface area contributed by atoms with Gasteiger partial charge in [0.1, 0.15) is 5.69 Å². The van der Waals surface area contributed by atoms with Gasteiger partial charge >= 0.3 is 0 Å². The van der Waals surface area contributed by atoms with Gasteiger partial charge in [-0.25, -0.2) is 4.98 Å². The summed E-state index contributed by atoms with van der Waals surface area (Å²) in [6.45, 7) is 3.68. The lowest BCUT2D eigenvalue weighted by Crippen LogP contribution is -2.24. The van der Waals surface area contributed by atoms with Gasteiger partial charge in [-0.1, -0.05) is 23.8 Å². The molecular weight excluding hydrogens is 334 g/mol. The van der Waals surface area contributed by atoms with Gasteiger partial charge in [0.05, 0.1) is 0 Å². The van der Waals surface area contributed by atoms with Crippen molar-refractivity contribution in [1.29, 1.82) is 0 Å². The maximum Gasteiger partial charge on any atom is 0.298 e. The molecule has 0 unspecified atom stereocenters. The number of carbonyl (C=O) groups is 2. The average molecular weight is 355 g/mol. The number of carbonyl (C=O) groups excluding carboxylic acids is 2. The van der Waals surface area contributed by atoms with E-state index in [1.54, 1.807) is 43.3 Å². The van der Waals surface area contributed by atoms with Gasteiger partial charge in [-0.3, -0.25) is 9.59 Å². The third kappa shape index (κ3) is 7.21. The zero-order chi connectivity index (χ0) is 19.7. The van der Waals surface area contributed by atoms with Crippen LogP contribution in [0, 0.1) is 13.8 Å². The van der Waals surface area contributed by atoms with Crippen LogP contribution in [0.3, 0.4) is 0 Å². The molecule has 0 radical (unpaired) electrons. The van der Waals surface area contributed by atoms with Gasteiger partial charge in [0.25, 0.3) is 11.8 Å². The summed E-state index contributed by atoms with van der Waals surface area (Å²) in [6.07, 6.45) is 0. The van der Waals surface area contributed by atoms with E-state index in [0.29, 0.717) is 5.56 Å². The van der Waals surface area contributed by atoms with Crippen LogP contribution in [-0.2, 0) is 0 Å². The molecule has 26 heavy (non-hydrogen) atoms. The molecule has 8 N–H and O–H groups in total. The highest BCUT2D eigenvalue weighted by Crippen LogP contribution is 2.05. The lowest BCUT2D eigenvalue weighted by Gasteiger charge is -1.96. The largest absolute Gasteiger partial charge is 0.370 e. The molecule has 0 spiro atoms. The molecule has 0 aliphatic rings. The number of pyridine rings is 1. The maximum atomic E-state index is 11.3. The van der Waals surface area contributed by atoms with Crippen molar-refractivity contribution in [3.8, 4) is 0 Å². The molecule has 2 amide bonds. The number of aromatic nitrogens is 1. The molecule has 1 heterocycles. The van der Waals surface area contributed by atoms with E-state index in [9.17, 15) is 9.59 Å². The van der Waals surface area contributed by atoms with Crippen molar-refractivity contribution in [2.45, 2.75) is 13.8 Å². The van der Waals surface area contributed by atoms with E-state index < -0.39 is 11.8 Å². The highest BCUT2D eigenvalue weighted by molar-refractivity contribution is 6.02. The van der Waals surface area contributed by atoms with Crippen LogP contribution in [0.5, 0.6) is 0 Å². The third-order valence-corrected chi connectivity index (χ3v) is 2.83. The van der Waals surface area contributed by atoms with Crippen LogP contribution >= 0.6 is 0 Å². The molecule has 2 rings (SSSR count). The molecule has 9 nitrogen and oxygen atoms in total. The Bertz CT molecular complexity index is 780. The number of nitrogens with two attached hydrogens (primary N) is 4. The number of amides is 2. The minimum Gasteiger partial charge on any atom is -0.370 e. The quantitative estimate of drug-likeness (QED) is 0.439.